The van der Waals surface area contributed by atoms with Gasteiger partial charge in [-0.1, -0.05) is 38.5 Å². The molecule has 46 heavy (non-hydrogen) atoms. The predicted octanol–water partition coefficient (Wildman–Crippen LogP) is 11.1. The normalized spacial score (nSPS) is 24.9. The van der Waals surface area contributed by atoms with E-state index in [-0.39, 0.29) is 36.3 Å². The van der Waals surface area contributed by atoms with Gasteiger partial charge in [0.15, 0.2) is 0 Å². The average Bonchev–Trinajstić information content (AvgIpc) is 3.13. The molecule has 3 nitrogen and oxygen atoms in total. The molecule has 0 bridgehead atoms. The van der Waals surface area contributed by atoms with Gasteiger partial charge in [-0.15, -0.1) is 0 Å². The zero-order valence-corrected chi connectivity index (χ0v) is 34.2. The van der Waals surface area contributed by atoms with Crippen molar-refractivity contribution in [2.24, 2.45) is 0 Å². The van der Waals surface area contributed by atoms with Crippen molar-refractivity contribution < 1.29 is 35.7 Å². The van der Waals surface area contributed by atoms with Gasteiger partial charge in [-0.25, -0.2) is 0 Å². The maximum absolute atomic E-state index is 7.00. The Hall–Kier alpha value is 1.40. The van der Waals surface area contributed by atoms with Crippen LogP contribution in [-0.2, 0) is 25.2 Å². The third-order valence-electron chi connectivity index (χ3n) is 12.9. The second kappa shape index (κ2) is 28.0. The van der Waals surface area contributed by atoms with E-state index < -0.39 is 0 Å². The van der Waals surface area contributed by atoms with Crippen LogP contribution in [0.25, 0.3) is 0 Å². The van der Waals surface area contributed by atoms with Crippen LogP contribution in [0.5, 0.6) is 0 Å². The molecule has 0 aromatic carbocycles. The van der Waals surface area contributed by atoms with Gasteiger partial charge in [-0.05, 0) is 168 Å². The van der Waals surface area contributed by atoms with Crippen LogP contribution in [0, 0.1) is 0 Å². The minimum Gasteiger partial charge on any atom is -1.00 e. The number of hydrogen-bond acceptors (Lipinski definition) is 3. The number of hydrogen-bond donors (Lipinski definition) is 0. The van der Waals surface area contributed by atoms with Crippen molar-refractivity contribution in [1.29, 1.82) is 0 Å². The standard InChI is InChI=1S/2C18H33P.C4H10O.O2.Pd/c2*1-4-10-16(11-5-1)19(17-12-6-2-7-13-17)18-14-8-3-9-15-18;1-3-5-4-2;1-2;/h2*16-18H,1-15H2;3-4H2,1-2H3;;/q;;;-2;+2/p+2. The second-order valence-electron chi connectivity index (χ2n) is 15.8. The Morgan fingerprint density at radius 1 is 0.348 bits per heavy atom. The van der Waals surface area contributed by atoms with E-state index in [0.29, 0.717) is 0 Å². The molecule has 0 atom stereocenters. The van der Waals surface area contributed by atoms with E-state index in [1.807, 2.05) is 13.8 Å². The summed E-state index contributed by atoms with van der Waals surface area (Å²) in [5.41, 5.74) is 7.36. The largest absolute Gasteiger partial charge is 2.00 e. The van der Waals surface area contributed by atoms with Gasteiger partial charge in [0.2, 0.25) is 0 Å². The van der Waals surface area contributed by atoms with E-state index in [4.69, 9.17) is 15.3 Å². The predicted molar refractivity (Wildman–Crippen MR) is 200 cm³/mol. The molecule has 6 fully saturated rings. The van der Waals surface area contributed by atoms with Crippen molar-refractivity contribution in [3.05, 3.63) is 0 Å². The van der Waals surface area contributed by atoms with Crippen molar-refractivity contribution in [3.8, 4) is 0 Å². The molecular formula is C40H78O3P2Pd+2. The summed E-state index contributed by atoms with van der Waals surface area (Å²) in [6.07, 6.45) is 47.6. The minimum atomic E-state index is -0.0465. The Balaban J connectivity index is 0.000000263. The molecule has 6 aliphatic carbocycles. The summed E-state index contributed by atoms with van der Waals surface area (Å²) < 4.78 is 4.83. The minimum absolute atomic E-state index is 0. The zero-order valence-electron chi connectivity index (χ0n) is 30.6. The molecule has 0 aliphatic heterocycles. The van der Waals surface area contributed by atoms with Gasteiger partial charge in [0.25, 0.3) is 0 Å². The van der Waals surface area contributed by atoms with Crippen LogP contribution in [0.1, 0.15) is 206 Å². The fraction of sp³-hybridized carbons (Fsp3) is 1.00. The topological polar surface area (TPSA) is 55.3 Å². The van der Waals surface area contributed by atoms with Crippen LogP contribution in [0.2, 0.25) is 0 Å². The van der Waals surface area contributed by atoms with Gasteiger partial charge in [0.05, 0.1) is 34.0 Å². The summed E-state index contributed by atoms with van der Waals surface area (Å²) in [5.74, 6) is 0. The molecule has 6 saturated carbocycles. The molecule has 0 heterocycles. The summed E-state index contributed by atoms with van der Waals surface area (Å²) >= 11 is 0. The molecule has 0 unspecified atom stereocenters. The van der Waals surface area contributed by atoms with E-state index in [1.54, 1.807) is 193 Å². The van der Waals surface area contributed by atoms with Gasteiger partial charge in [-0.2, -0.15) is 0 Å². The number of rotatable bonds is 8. The first-order valence-electron chi connectivity index (χ1n) is 20.8. The maximum atomic E-state index is 7.00. The summed E-state index contributed by atoms with van der Waals surface area (Å²) in [5, 5.41) is 14.0. The molecule has 6 heteroatoms. The summed E-state index contributed by atoms with van der Waals surface area (Å²) in [6.45, 7) is 5.67. The monoisotopic (exact) mass is 774 g/mol. The van der Waals surface area contributed by atoms with Crippen molar-refractivity contribution >= 4 is 15.8 Å². The van der Waals surface area contributed by atoms with Gasteiger partial charge < -0.3 is 15.3 Å². The van der Waals surface area contributed by atoms with Crippen LogP contribution in [0.15, 0.2) is 0 Å². The first kappa shape index (κ1) is 43.6. The van der Waals surface area contributed by atoms with Crippen molar-refractivity contribution in [1.82, 2.24) is 0 Å². The molecular weight excluding hydrogens is 697 g/mol. The first-order chi connectivity index (χ1) is 22.3. The van der Waals surface area contributed by atoms with E-state index in [2.05, 4.69) is 0 Å². The first-order valence-corrected chi connectivity index (χ1v) is 24.3. The fourth-order valence-electron chi connectivity index (χ4n) is 10.8. The van der Waals surface area contributed by atoms with Gasteiger partial charge in [0, 0.05) is 29.1 Å². The molecule has 6 aliphatic rings. The summed E-state index contributed by atoms with van der Waals surface area (Å²) in [4.78, 5) is 0. The van der Waals surface area contributed by atoms with Gasteiger partial charge >= 0.3 is 20.4 Å². The third-order valence-corrected chi connectivity index (χ3v) is 22.0. The molecule has 0 aromatic rings. The molecule has 0 N–H and O–H groups in total. The van der Waals surface area contributed by atoms with Crippen LogP contribution in [-0.4, -0.2) is 47.2 Å². The van der Waals surface area contributed by atoms with Gasteiger partial charge in [-0.3, -0.25) is 0 Å². The van der Waals surface area contributed by atoms with Crippen molar-refractivity contribution in [2.75, 3.05) is 13.2 Å². The molecule has 6 rings (SSSR count). The van der Waals surface area contributed by atoms with Crippen LogP contribution in [0.3, 0.4) is 0 Å². The summed E-state index contributed by atoms with van der Waals surface area (Å²) in [7, 11) is -0.0930. The van der Waals surface area contributed by atoms with E-state index in [9.17, 15) is 0 Å². The fourth-order valence-corrected chi connectivity index (χ4v) is 21.3. The molecule has 0 saturated heterocycles. The van der Waals surface area contributed by atoms with Crippen LogP contribution in [0.4, 0.5) is 0 Å². The second-order valence-corrected chi connectivity index (χ2v) is 22.7. The smallest absolute Gasteiger partial charge is 1.00 e. The maximum Gasteiger partial charge on any atom is 2.00 e. The van der Waals surface area contributed by atoms with Crippen molar-refractivity contribution in [3.63, 3.8) is 0 Å². The number of ether oxygens (including phenoxy) is 1. The van der Waals surface area contributed by atoms with Gasteiger partial charge in [0.1, 0.15) is 0 Å². The molecule has 274 valence electrons. The Labute approximate surface area is 303 Å². The summed E-state index contributed by atoms with van der Waals surface area (Å²) in [6, 6.07) is 0. The SMILES string of the molecule is C1CCC([PH+](C2CCCCC2)C2CCCCC2)CC1.C1CCC([PH+](C2CCCCC2)C2CCCCC2)CC1.CCOCC.[O-][O-].[Pd+2]. The average molecular weight is 775 g/mol. The van der Waals surface area contributed by atoms with E-state index >= 15 is 0 Å². The molecule has 0 amide bonds. The van der Waals surface area contributed by atoms with E-state index in [1.165, 1.54) is 34.0 Å². The quantitative estimate of drug-likeness (QED) is 0.107. The Kier molecular flexibility index (Phi) is 26.6. The molecule has 0 aromatic heterocycles. The van der Waals surface area contributed by atoms with E-state index in [0.717, 1.165) is 13.2 Å². The van der Waals surface area contributed by atoms with Crippen molar-refractivity contribution in [2.45, 2.75) is 240 Å². The third kappa shape index (κ3) is 15.7. The van der Waals surface area contributed by atoms with Crippen LogP contribution < -0.4 is 10.5 Å². The Morgan fingerprint density at radius 2 is 0.500 bits per heavy atom. The Bertz CT molecular complexity index is 522. The Morgan fingerprint density at radius 3 is 0.609 bits per heavy atom. The molecule has 0 radical (unpaired) electrons. The zero-order chi connectivity index (χ0) is 32.0. The van der Waals surface area contributed by atoms with Crippen LogP contribution >= 0.6 is 15.8 Å². The molecule has 0 spiro atoms.